The van der Waals surface area contributed by atoms with Crippen LogP contribution in [0.1, 0.15) is 46.4 Å². The van der Waals surface area contributed by atoms with E-state index < -0.39 is 35.3 Å². The van der Waals surface area contributed by atoms with Gasteiger partial charge in [0, 0.05) is 24.5 Å². The van der Waals surface area contributed by atoms with Crippen molar-refractivity contribution >= 4 is 23.4 Å². The van der Waals surface area contributed by atoms with Crippen LogP contribution in [0.4, 0.5) is 4.39 Å². The van der Waals surface area contributed by atoms with E-state index in [0.717, 1.165) is 12.1 Å². The fourth-order valence-corrected chi connectivity index (χ4v) is 3.91. The summed E-state index contributed by atoms with van der Waals surface area (Å²) in [6.45, 7) is 2.28. The van der Waals surface area contributed by atoms with Crippen LogP contribution >= 0.6 is 0 Å². The van der Waals surface area contributed by atoms with Crippen molar-refractivity contribution in [3.05, 3.63) is 107 Å². The number of aliphatic hydroxyl groups is 1. The molecule has 0 spiro atoms. The van der Waals surface area contributed by atoms with Gasteiger partial charge in [0.25, 0.3) is 11.7 Å². The van der Waals surface area contributed by atoms with Crippen molar-refractivity contribution < 1.29 is 28.6 Å². The van der Waals surface area contributed by atoms with Gasteiger partial charge < -0.3 is 14.7 Å². The molecule has 2 heterocycles. The predicted molar refractivity (Wildman–Crippen MR) is 125 cm³/mol. The summed E-state index contributed by atoms with van der Waals surface area (Å²) >= 11 is 0. The van der Waals surface area contributed by atoms with Gasteiger partial charge in [-0.2, -0.15) is 0 Å². The zero-order valence-electron chi connectivity index (χ0n) is 19.0. The van der Waals surface area contributed by atoms with E-state index in [1.807, 2.05) is 6.92 Å². The van der Waals surface area contributed by atoms with Gasteiger partial charge in [0.15, 0.2) is 0 Å². The number of Topliss-reactive ketones (excluding diaryl/α,β-unsaturated/α-hetero) is 1. The minimum atomic E-state index is -0.900. The number of esters is 1. The van der Waals surface area contributed by atoms with E-state index in [-0.39, 0.29) is 17.7 Å². The number of pyridine rings is 1. The third kappa shape index (κ3) is 4.96. The Morgan fingerprint density at radius 3 is 2.37 bits per heavy atom. The Morgan fingerprint density at radius 2 is 1.74 bits per heavy atom. The van der Waals surface area contributed by atoms with Gasteiger partial charge in [-0.15, -0.1) is 0 Å². The molecular weight excluding hydrogens is 451 g/mol. The quantitative estimate of drug-likeness (QED) is 0.236. The average Bonchev–Trinajstić information content (AvgIpc) is 3.13. The number of rotatable bonds is 7. The van der Waals surface area contributed by atoms with Gasteiger partial charge >= 0.3 is 5.97 Å². The standard InChI is InChI=1S/C27H23FN2O5/c1-2-14-35-27(34)19-7-5-17(6-8-19)16-30-23(20-4-3-13-29-15-20)22(25(32)26(30)33)24(31)18-9-11-21(28)12-10-18/h3-13,15,23,31H,2,14,16H2,1H3/b24-22+. The molecule has 1 saturated heterocycles. The van der Waals surface area contributed by atoms with E-state index in [4.69, 9.17) is 4.74 Å². The molecular formula is C27H23FN2O5. The lowest BCUT2D eigenvalue weighted by Crippen LogP contribution is -2.29. The second-order valence-corrected chi connectivity index (χ2v) is 8.05. The van der Waals surface area contributed by atoms with Crippen LogP contribution in [0.3, 0.4) is 0 Å². The van der Waals surface area contributed by atoms with Gasteiger partial charge in [0.1, 0.15) is 11.6 Å². The lowest BCUT2D eigenvalue weighted by atomic mass is 9.96. The van der Waals surface area contributed by atoms with Crippen LogP contribution in [-0.2, 0) is 20.9 Å². The number of halogens is 1. The third-order valence-electron chi connectivity index (χ3n) is 5.64. The number of benzene rings is 2. The Balaban J connectivity index is 1.70. The summed E-state index contributed by atoms with van der Waals surface area (Å²) < 4.78 is 18.5. The van der Waals surface area contributed by atoms with Crippen molar-refractivity contribution in [2.45, 2.75) is 25.9 Å². The highest BCUT2D eigenvalue weighted by Crippen LogP contribution is 2.40. The number of hydrogen-bond donors (Lipinski definition) is 1. The molecule has 1 N–H and O–H groups in total. The maximum Gasteiger partial charge on any atom is 0.338 e. The SMILES string of the molecule is CCCOC(=O)c1ccc(CN2C(=O)C(=O)/C(=C(/O)c3ccc(F)cc3)C2c2cccnc2)cc1. The lowest BCUT2D eigenvalue weighted by Gasteiger charge is -2.25. The number of nitrogens with zero attached hydrogens (tertiary/aromatic N) is 2. The summed E-state index contributed by atoms with van der Waals surface area (Å²) in [5, 5.41) is 11.0. The van der Waals surface area contributed by atoms with Crippen molar-refractivity contribution in [1.29, 1.82) is 0 Å². The fraction of sp³-hybridized carbons (Fsp3) is 0.185. The third-order valence-corrected chi connectivity index (χ3v) is 5.64. The summed E-state index contributed by atoms with van der Waals surface area (Å²) in [6.07, 6.45) is 3.80. The van der Waals surface area contributed by atoms with Crippen LogP contribution in [0.25, 0.3) is 5.76 Å². The number of carbonyl (C=O) groups excluding carboxylic acids is 3. The molecule has 0 aliphatic carbocycles. The van der Waals surface area contributed by atoms with Crippen LogP contribution in [0, 0.1) is 5.82 Å². The summed E-state index contributed by atoms with van der Waals surface area (Å²) in [5.74, 6) is -2.95. The van der Waals surface area contributed by atoms with Gasteiger partial charge in [0.2, 0.25) is 0 Å². The molecule has 178 valence electrons. The first-order valence-electron chi connectivity index (χ1n) is 11.1. The molecule has 0 radical (unpaired) electrons. The molecule has 1 unspecified atom stereocenters. The number of ether oxygens (including phenoxy) is 1. The molecule has 1 aliphatic rings. The van der Waals surface area contributed by atoms with Gasteiger partial charge in [-0.05, 0) is 60.0 Å². The van der Waals surface area contributed by atoms with Gasteiger partial charge in [0.05, 0.1) is 23.8 Å². The molecule has 1 aromatic heterocycles. The number of likely N-dealkylation sites (tertiary alicyclic amines) is 1. The molecule has 0 bridgehead atoms. The summed E-state index contributed by atoms with van der Waals surface area (Å²) in [5.41, 5.74) is 1.71. The van der Waals surface area contributed by atoms with E-state index in [9.17, 15) is 23.9 Å². The van der Waals surface area contributed by atoms with Crippen molar-refractivity contribution in [3.63, 3.8) is 0 Å². The van der Waals surface area contributed by atoms with Crippen LogP contribution in [-0.4, -0.2) is 39.3 Å². The van der Waals surface area contributed by atoms with E-state index in [1.54, 1.807) is 42.6 Å². The van der Waals surface area contributed by atoms with Crippen molar-refractivity contribution in [2.24, 2.45) is 0 Å². The van der Waals surface area contributed by atoms with Crippen LogP contribution in [0.15, 0.2) is 78.6 Å². The molecule has 3 aromatic rings. The van der Waals surface area contributed by atoms with Crippen LogP contribution in [0.5, 0.6) is 0 Å². The molecule has 8 heteroatoms. The maximum absolute atomic E-state index is 13.4. The molecule has 0 saturated carbocycles. The monoisotopic (exact) mass is 474 g/mol. The minimum Gasteiger partial charge on any atom is -0.507 e. The summed E-state index contributed by atoms with van der Waals surface area (Å²) in [4.78, 5) is 43.6. The Labute approximate surface area is 201 Å². The zero-order valence-corrected chi connectivity index (χ0v) is 19.0. The predicted octanol–water partition coefficient (Wildman–Crippen LogP) is 4.41. The lowest BCUT2D eigenvalue weighted by molar-refractivity contribution is -0.140. The van der Waals surface area contributed by atoms with Crippen molar-refractivity contribution in [2.75, 3.05) is 6.61 Å². The van der Waals surface area contributed by atoms with Crippen LogP contribution < -0.4 is 0 Å². The largest absolute Gasteiger partial charge is 0.507 e. The highest BCUT2D eigenvalue weighted by atomic mass is 19.1. The second-order valence-electron chi connectivity index (χ2n) is 8.05. The Bertz CT molecular complexity index is 1270. The first-order chi connectivity index (χ1) is 16.9. The summed E-state index contributed by atoms with van der Waals surface area (Å²) in [6, 6.07) is 14.1. The Kier molecular flexibility index (Phi) is 7.01. The van der Waals surface area contributed by atoms with E-state index in [2.05, 4.69) is 4.98 Å². The van der Waals surface area contributed by atoms with E-state index in [0.29, 0.717) is 29.7 Å². The molecule has 1 fully saturated rings. The summed E-state index contributed by atoms with van der Waals surface area (Å²) in [7, 11) is 0. The number of amides is 1. The number of ketones is 1. The number of hydrogen-bond acceptors (Lipinski definition) is 6. The zero-order chi connectivity index (χ0) is 24.9. The molecule has 2 aromatic carbocycles. The van der Waals surface area contributed by atoms with Crippen molar-refractivity contribution in [3.8, 4) is 0 Å². The fourth-order valence-electron chi connectivity index (χ4n) is 3.91. The highest BCUT2D eigenvalue weighted by molar-refractivity contribution is 6.46. The van der Waals surface area contributed by atoms with Crippen molar-refractivity contribution in [1.82, 2.24) is 9.88 Å². The van der Waals surface area contributed by atoms with Gasteiger partial charge in [-0.25, -0.2) is 9.18 Å². The smallest absolute Gasteiger partial charge is 0.338 e. The first-order valence-corrected chi connectivity index (χ1v) is 11.1. The Hall–Kier alpha value is -4.33. The molecule has 1 atom stereocenters. The topological polar surface area (TPSA) is 96.8 Å². The van der Waals surface area contributed by atoms with E-state index in [1.165, 1.54) is 23.2 Å². The Morgan fingerprint density at radius 1 is 1.06 bits per heavy atom. The molecule has 7 nitrogen and oxygen atoms in total. The molecule has 35 heavy (non-hydrogen) atoms. The molecule has 1 amide bonds. The highest BCUT2D eigenvalue weighted by Gasteiger charge is 2.46. The number of carbonyl (C=O) groups is 3. The van der Waals surface area contributed by atoms with Crippen LogP contribution in [0.2, 0.25) is 0 Å². The molecule has 4 rings (SSSR count). The molecule has 1 aliphatic heterocycles. The normalized spacial score (nSPS) is 17.0. The number of aromatic nitrogens is 1. The maximum atomic E-state index is 13.4. The van der Waals surface area contributed by atoms with E-state index >= 15 is 0 Å². The number of aliphatic hydroxyl groups excluding tert-OH is 1. The average molecular weight is 474 g/mol. The minimum absolute atomic E-state index is 0.0502. The van der Waals surface area contributed by atoms with Gasteiger partial charge in [-0.3, -0.25) is 14.6 Å². The van der Waals surface area contributed by atoms with Gasteiger partial charge in [-0.1, -0.05) is 25.1 Å². The second kappa shape index (κ2) is 10.3. The first kappa shape index (κ1) is 23.8.